The lowest BCUT2D eigenvalue weighted by Crippen LogP contribution is -2.44. The van der Waals surface area contributed by atoms with Gasteiger partial charge in [-0.15, -0.1) is 0 Å². The summed E-state index contributed by atoms with van der Waals surface area (Å²) in [5.41, 5.74) is 0.335. The van der Waals surface area contributed by atoms with Gasteiger partial charge in [0, 0.05) is 43.5 Å². The fourth-order valence-electron chi connectivity index (χ4n) is 3.13. The number of alkyl halides is 4. The Labute approximate surface area is 164 Å². The summed E-state index contributed by atoms with van der Waals surface area (Å²) in [5, 5.41) is 5.62. The number of aromatic nitrogens is 2. The number of carbonyl (C=O) groups excluding carboxylic acids is 1. The van der Waals surface area contributed by atoms with Gasteiger partial charge in [-0.05, 0) is 18.2 Å². The summed E-state index contributed by atoms with van der Waals surface area (Å²) >= 11 is 0. The number of cyclic esters (lactones) is 1. The van der Waals surface area contributed by atoms with Crippen LogP contribution < -0.4 is 15.5 Å². The number of pyridine rings is 2. The zero-order chi connectivity index (χ0) is 21.0. The fourth-order valence-corrected chi connectivity index (χ4v) is 3.13. The molecule has 2 aliphatic heterocycles. The average molecular weight is 413 g/mol. The third-order valence-corrected chi connectivity index (χ3v) is 4.48. The third kappa shape index (κ3) is 4.56. The number of ether oxygens (including phenoxy) is 1. The van der Waals surface area contributed by atoms with Crippen molar-refractivity contribution in [3.63, 3.8) is 0 Å². The van der Waals surface area contributed by atoms with Gasteiger partial charge in [0.15, 0.2) is 0 Å². The molecule has 0 saturated carbocycles. The van der Waals surface area contributed by atoms with Gasteiger partial charge in [-0.2, -0.15) is 13.2 Å². The van der Waals surface area contributed by atoms with E-state index in [0.717, 1.165) is 12.1 Å². The molecule has 2 aliphatic rings. The minimum atomic E-state index is -4.50. The predicted molar refractivity (Wildman–Crippen MR) is 98.4 cm³/mol. The first-order chi connectivity index (χ1) is 13.9. The second kappa shape index (κ2) is 8.60. The Balaban J connectivity index is 0.00000117. The molecule has 29 heavy (non-hydrogen) atoms. The quantitative estimate of drug-likeness (QED) is 0.736. The molecule has 1 amide bonds. The Hall–Kier alpha value is -2.95. The molecule has 7 nitrogen and oxygen atoms in total. The van der Waals surface area contributed by atoms with Crippen molar-refractivity contribution in [2.75, 3.05) is 43.6 Å². The Bertz CT molecular complexity index is 885. The van der Waals surface area contributed by atoms with E-state index < -0.39 is 17.8 Å². The van der Waals surface area contributed by atoms with E-state index in [1.54, 1.807) is 6.07 Å². The summed E-state index contributed by atoms with van der Waals surface area (Å²) in [6.45, 7) is 2.42. The Morgan fingerprint density at radius 3 is 2.59 bits per heavy atom. The van der Waals surface area contributed by atoms with Gasteiger partial charge in [0.2, 0.25) is 0 Å². The fraction of sp³-hybridized carbons (Fsp3) is 0.389. The highest BCUT2D eigenvalue weighted by Crippen LogP contribution is 2.36. The van der Waals surface area contributed by atoms with Crippen LogP contribution in [0.25, 0.3) is 11.3 Å². The molecule has 1 fully saturated rings. The summed E-state index contributed by atoms with van der Waals surface area (Å²) in [5.74, 6) is 0.541. The van der Waals surface area contributed by atoms with E-state index >= 15 is 0 Å². The zero-order valence-corrected chi connectivity index (χ0v) is 15.5. The van der Waals surface area contributed by atoms with Gasteiger partial charge < -0.3 is 15.0 Å². The first-order valence-electron chi connectivity index (χ1n) is 8.76. The van der Waals surface area contributed by atoms with Crippen LogP contribution in [0.5, 0.6) is 0 Å². The molecule has 156 valence electrons. The predicted octanol–water partition coefficient (Wildman–Crippen LogP) is 3.22. The summed E-state index contributed by atoms with van der Waals surface area (Å²) in [4.78, 5) is 21.7. The molecule has 1 saturated heterocycles. The lowest BCUT2D eigenvalue weighted by molar-refractivity contribution is -0.137. The molecule has 0 atom stereocenters. The van der Waals surface area contributed by atoms with Gasteiger partial charge in [0.05, 0.1) is 18.4 Å². The number of fused-ring (bicyclic) bond motifs is 1. The smallest absolute Gasteiger partial charge is 0.416 e. The first-order valence-corrected chi connectivity index (χ1v) is 8.76. The number of nitrogens with one attached hydrogen (secondary N) is 2. The highest BCUT2D eigenvalue weighted by molar-refractivity contribution is 5.88. The molecule has 2 N–H and O–H groups in total. The largest absolute Gasteiger partial charge is 0.444 e. The van der Waals surface area contributed by atoms with Gasteiger partial charge >= 0.3 is 12.3 Å². The molecule has 4 rings (SSSR count). The van der Waals surface area contributed by atoms with Crippen molar-refractivity contribution in [3.8, 4) is 11.3 Å². The normalized spacial score (nSPS) is 16.2. The molecule has 0 aromatic carbocycles. The van der Waals surface area contributed by atoms with Crippen molar-refractivity contribution in [2.24, 2.45) is 0 Å². The van der Waals surface area contributed by atoms with Crippen LogP contribution in [-0.2, 0) is 17.5 Å². The van der Waals surface area contributed by atoms with Gasteiger partial charge in [-0.1, -0.05) is 0 Å². The molecule has 11 heteroatoms. The Morgan fingerprint density at radius 1 is 1.17 bits per heavy atom. The minimum Gasteiger partial charge on any atom is -0.444 e. The molecule has 0 radical (unpaired) electrons. The number of carbonyl (C=O) groups is 1. The molecule has 0 unspecified atom stereocenters. The first kappa shape index (κ1) is 20.8. The summed E-state index contributed by atoms with van der Waals surface area (Å²) in [6, 6.07) is 3.65. The van der Waals surface area contributed by atoms with Crippen LogP contribution in [0.15, 0.2) is 24.4 Å². The van der Waals surface area contributed by atoms with Crippen molar-refractivity contribution in [2.45, 2.75) is 12.8 Å². The second-order valence-electron chi connectivity index (χ2n) is 6.22. The van der Waals surface area contributed by atoms with Gasteiger partial charge in [-0.3, -0.25) is 9.71 Å². The molecular formula is C18H19F4N5O2. The SMILES string of the molecule is CF.O=C1Nc2nccc(-c3cc(C(F)(F)F)cc(N4CCNCC4)n3)c2CO1. The van der Waals surface area contributed by atoms with Crippen molar-refractivity contribution in [3.05, 3.63) is 35.5 Å². The topological polar surface area (TPSA) is 79.4 Å². The molecule has 0 bridgehead atoms. The van der Waals surface area contributed by atoms with Crippen LogP contribution in [0.1, 0.15) is 11.1 Å². The lowest BCUT2D eigenvalue weighted by atomic mass is 10.0. The van der Waals surface area contributed by atoms with E-state index in [4.69, 9.17) is 4.74 Å². The van der Waals surface area contributed by atoms with E-state index in [1.807, 2.05) is 4.90 Å². The van der Waals surface area contributed by atoms with E-state index in [2.05, 4.69) is 20.6 Å². The van der Waals surface area contributed by atoms with Crippen molar-refractivity contribution >= 4 is 17.7 Å². The van der Waals surface area contributed by atoms with Crippen LogP contribution >= 0.6 is 0 Å². The number of nitrogens with zero attached hydrogens (tertiary/aromatic N) is 3. The number of hydrogen-bond donors (Lipinski definition) is 2. The minimum absolute atomic E-state index is 0.0781. The second-order valence-corrected chi connectivity index (χ2v) is 6.22. The standard InChI is InChI=1S/C17H16F3N5O2.CH3F/c18-17(19,20)10-7-13(23-14(8-10)25-5-3-21-4-6-25)11-1-2-22-15-12(11)9-27-16(26)24-15;1-2/h1-2,7-8,21H,3-6,9H2,(H,22,24,26);1H3. The van der Waals surface area contributed by atoms with Crippen molar-refractivity contribution in [1.82, 2.24) is 15.3 Å². The third-order valence-electron chi connectivity index (χ3n) is 4.48. The number of halogens is 4. The van der Waals surface area contributed by atoms with Crippen molar-refractivity contribution in [1.29, 1.82) is 0 Å². The van der Waals surface area contributed by atoms with E-state index in [9.17, 15) is 22.4 Å². The van der Waals surface area contributed by atoms with Gasteiger partial charge in [-0.25, -0.2) is 14.8 Å². The molecule has 2 aromatic heterocycles. The van der Waals surface area contributed by atoms with E-state index in [-0.39, 0.29) is 23.9 Å². The monoisotopic (exact) mass is 413 g/mol. The molecule has 0 spiro atoms. The zero-order valence-electron chi connectivity index (χ0n) is 15.5. The van der Waals surface area contributed by atoms with E-state index in [0.29, 0.717) is 44.5 Å². The number of piperazine rings is 1. The van der Waals surface area contributed by atoms with E-state index in [1.165, 1.54) is 6.20 Å². The lowest BCUT2D eigenvalue weighted by Gasteiger charge is -2.29. The van der Waals surface area contributed by atoms with Crippen LogP contribution in [0, 0.1) is 0 Å². The molecule has 2 aromatic rings. The summed E-state index contributed by atoms with van der Waals surface area (Å²) in [7, 11) is 0.500. The Morgan fingerprint density at radius 2 is 1.90 bits per heavy atom. The molecule has 4 heterocycles. The number of amides is 1. The summed E-state index contributed by atoms with van der Waals surface area (Å²) < 4.78 is 54.9. The number of anilines is 2. The number of rotatable bonds is 2. The Kier molecular flexibility index (Phi) is 6.16. The maximum absolute atomic E-state index is 13.5. The number of hydrogen-bond acceptors (Lipinski definition) is 6. The van der Waals surface area contributed by atoms with Crippen LogP contribution in [0.2, 0.25) is 0 Å². The highest BCUT2D eigenvalue weighted by Gasteiger charge is 2.33. The van der Waals surface area contributed by atoms with Crippen LogP contribution in [-0.4, -0.2) is 49.4 Å². The molecular weight excluding hydrogens is 394 g/mol. The van der Waals surface area contributed by atoms with Crippen LogP contribution in [0.4, 0.5) is 34.0 Å². The highest BCUT2D eigenvalue weighted by atomic mass is 19.4. The maximum Gasteiger partial charge on any atom is 0.416 e. The van der Waals surface area contributed by atoms with Crippen molar-refractivity contribution < 1.29 is 27.1 Å². The maximum atomic E-state index is 13.5. The van der Waals surface area contributed by atoms with Gasteiger partial charge in [0.1, 0.15) is 18.2 Å². The summed E-state index contributed by atoms with van der Waals surface area (Å²) in [6.07, 6.45) is -3.73. The molecule has 0 aliphatic carbocycles. The van der Waals surface area contributed by atoms with Crippen LogP contribution in [0.3, 0.4) is 0 Å². The van der Waals surface area contributed by atoms with Gasteiger partial charge in [0.25, 0.3) is 0 Å². The average Bonchev–Trinajstić information content (AvgIpc) is 2.74.